The summed E-state index contributed by atoms with van der Waals surface area (Å²) in [7, 11) is 0. The van der Waals surface area contributed by atoms with Gasteiger partial charge < -0.3 is 9.30 Å². The fraction of sp³-hybridized carbons (Fsp3) is 0.438. The molecule has 0 unspecified atom stereocenters. The summed E-state index contributed by atoms with van der Waals surface area (Å²) in [6, 6.07) is 5.83. The number of aryl methyl sites for hydroxylation is 1. The van der Waals surface area contributed by atoms with Crippen molar-refractivity contribution in [3.63, 3.8) is 0 Å². The third-order valence-corrected chi connectivity index (χ3v) is 3.38. The third-order valence-electron chi connectivity index (χ3n) is 3.38. The number of fused-ring (bicyclic) bond motifs is 1. The first kappa shape index (κ1) is 14.6. The first-order valence-corrected chi connectivity index (χ1v) is 7.14. The maximum Gasteiger partial charge on any atom is 0.122 e. The van der Waals surface area contributed by atoms with E-state index in [2.05, 4.69) is 16.5 Å². The Kier molecular flexibility index (Phi) is 5.16. The first-order chi connectivity index (χ1) is 9.78. The topological polar surface area (TPSA) is 27.1 Å². The molecule has 0 amide bonds. The van der Waals surface area contributed by atoms with Crippen molar-refractivity contribution >= 4 is 11.0 Å². The number of aromatic nitrogens is 2. The zero-order chi connectivity index (χ0) is 14.4. The summed E-state index contributed by atoms with van der Waals surface area (Å²) in [5, 5.41) is 0. The van der Waals surface area contributed by atoms with Gasteiger partial charge in [0.2, 0.25) is 0 Å². The largest absolute Gasteiger partial charge is 0.489 e. The number of imidazole rings is 1. The predicted octanol–water partition coefficient (Wildman–Crippen LogP) is 4.48. The molecular formula is C16H21FN2O. The molecule has 0 saturated heterocycles. The first-order valence-electron chi connectivity index (χ1n) is 7.14. The Morgan fingerprint density at radius 1 is 1.40 bits per heavy atom. The van der Waals surface area contributed by atoms with E-state index < -0.39 is 0 Å². The lowest BCUT2D eigenvalue weighted by atomic mass is 10.2. The van der Waals surface area contributed by atoms with Gasteiger partial charge in [0.25, 0.3) is 0 Å². The maximum absolute atomic E-state index is 12.5. The van der Waals surface area contributed by atoms with E-state index >= 15 is 0 Å². The Morgan fingerprint density at radius 2 is 2.25 bits per heavy atom. The standard InChI is InChI=1S/C16H21FN2O/c1-3-5-8-19-12-18-15-9-14(6-7-16(15)19)20-11-13(4-2)10-17/h6-7,9-10,12H,3-5,8,11H2,1-2H3/b13-10+. The molecule has 0 radical (unpaired) electrons. The lowest BCUT2D eigenvalue weighted by molar-refractivity contribution is 0.346. The number of hydrogen-bond acceptors (Lipinski definition) is 2. The van der Waals surface area contributed by atoms with Gasteiger partial charge in [-0.15, -0.1) is 0 Å². The van der Waals surface area contributed by atoms with Gasteiger partial charge in [0.05, 0.1) is 23.7 Å². The van der Waals surface area contributed by atoms with E-state index in [1.54, 1.807) is 0 Å². The van der Waals surface area contributed by atoms with Crippen LogP contribution in [0.3, 0.4) is 0 Å². The van der Waals surface area contributed by atoms with Crippen molar-refractivity contribution in [1.82, 2.24) is 9.55 Å². The predicted molar refractivity (Wildman–Crippen MR) is 79.6 cm³/mol. The highest BCUT2D eigenvalue weighted by Gasteiger charge is 2.05. The van der Waals surface area contributed by atoms with Crippen LogP contribution < -0.4 is 4.74 Å². The molecule has 0 atom stereocenters. The van der Waals surface area contributed by atoms with Gasteiger partial charge in [0, 0.05) is 12.6 Å². The van der Waals surface area contributed by atoms with Crippen molar-refractivity contribution < 1.29 is 9.13 Å². The van der Waals surface area contributed by atoms with Crippen LogP contribution in [0, 0.1) is 0 Å². The molecule has 0 N–H and O–H groups in total. The third kappa shape index (κ3) is 3.38. The Hall–Kier alpha value is -1.84. The molecule has 4 heteroatoms. The Balaban J connectivity index is 2.10. The highest BCUT2D eigenvalue weighted by atomic mass is 19.1. The molecule has 2 aromatic rings. The van der Waals surface area contributed by atoms with E-state index in [1.165, 1.54) is 0 Å². The number of nitrogens with zero attached hydrogens (tertiary/aromatic N) is 2. The van der Waals surface area contributed by atoms with Crippen molar-refractivity contribution in [2.45, 2.75) is 39.7 Å². The van der Waals surface area contributed by atoms with E-state index in [4.69, 9.17) is 4.74 Å². The summed E-state index contributed by atoms with van der Waals surface area (Å²) in [6.45, 7) is 5.36. The zero-order valence-corrected chi connectivity index (χ0v) is 12.1. The average Bonchev–Trinajstić information content (AvgIpc) is 2.88. The highest BCUT2D eigenvalue weighted by molar-refractivity contribution is 5.77. The second-order valence-corrected chi connectivity index (χ2v) is 4.85. The number of benzene rings is 1. The van der Waals surface area contributed by atoms with Crippen LogP contribution in [0.2, 0.25) is 0 Å². The monoisotopic (exact) mass is 276 g/mol. The summed E-state index contributed by atoms with van der Waals surface area (Å²) in [6.07, 6.45) is 5.45. The van der Waals surface area contributed by atoms with E-state index in [-0.39, 0.29) is 6.61 Å². The molecule has 0 aliphatic rings. The average molecular weight is 276 g/mol. The van der Waals surface area contributed by atoms with Gasteiger partial charge in [0.15, 0.2) is 0 Å². The fourth-order valence-corrected chi connectivity index (χ4v) is 2.03. The van der Waals surface area contributed by atoms with Gasteiger partial charge in [0.1, 0.15) is 12.4 Å². The molecule has 108 valence electrons. The Bertz CT molecular complexity index is 589. The van der Waals surface area contributed by atoms with Crippen LogP contribution in [-0.2, 0) is 6.54 Å². The molecule has 20 heavy (non-hydrogen) atoms. The van der Waals surface area contributed by atoms with E-state index in [9.17, 15) is 4.39 Å². The molecule has 3 nitrogen and oxygen atoms in total. The molecule has 2 rings (SSSR count). The number of rotatable bonds is 7. The summed E-state index contributed by atoms with van der Waals surface area (Å²) in [5.41, 5.74) is 2.68. The van der Waals surface area contributed by atoms with E-state index in [0.29, 0.717) is 18.3 Å². The number of halogens is 1. The quantitative estimate of drug-likeness (QED) is 0.745. The minimum atomic E-state index is 0.287. The van der Waals surface area contributed by atoms with Crippen molar-refractivity contribution in [2.75, 3.05) is 6.61 Å². The number of hydrogen-bond donors (Lipinski definition) is 0. The van der Waals surface area contributed by atoms with E-state index in [1.807, 2.05) is 31.5 Å². The van der Waals surface area contributed by atoms with Gasteiger partial charge in [-0.3, -0.25) is 0 Å². The minimum Gasteiger partial charge on any atom is -0.489 e. The van der Waals surface area contributed by atoms with Gasteiger partial charge in [-0.25, -0.2) is 9.37 Å². The second-order valence-electron chi connectivity index (χ2n) is 4.85. The zero-order valence-electron chi connectivity index (χ0n) is 12.1. The smallest absolute Gasteiger partial charge is 0.122 e. The molecule has 0 spiro atoms. The van der Waals surface area contributed by atoms with Crippen LogP contribution >= 0.6 is 0 Å². The van der Waals surface area contributed by atoms with Gasteiger partial charge >= 0.3 is 0 Å². The molecule has 0 bridgehead atoms. The molecule has 0 aliphatic carbocycles. The lowest BCUT2D eigenvalue weighted by Gasteiger charge is -2.07. The Morgan fingerprint density at radius 3 is 2.95 bits per heavy atom. The van der Waals surface area contributed by atoms with Gasteiger partial charge in [-0.2, -0.15) is 0 Å². The Labute approximate surface area is 119 Å². The van der Waals surface area contributed by atoms with Crippen LogP contribution in [0.1, 0.15) is 33.1 Å². The molecule has 0 aliphatic heterocycles. The molecular weight excluding hydrogens is 255 g/mol. The highest BCUT2D eigenvalue weighted by Crippen LogP contribution is 2.21. The van der Waals surface area contributed by atoms with Crippen LogP contribution in [-0.4, -0.2) is 16.2 Å². The molecule has 1 aromatic carbocycles. The summed E-state index contributed by atoms with van der Waals surface area (Å²) in [4.78, 5) is 4.39. The molecule has 0 fully saturated rings. The van der Waals surface area contributed by atoms with Gasteiger partial charge in [-0.1, -0.05) is 20.3 Å². The van der Waals surface area contributed by atoms with Crippen LogP contribution in [0.4, 0.5) is 4.39 Å². The van der Waals surface area contributed by atoms with Crippen LogP contribution in [0.15, 0.2) is 36.4 Å². The van der Waals surface area contributed by atoms with Crippen molar-refractivity contribution in [3.05, 3.63) is 36.4 Å². The van der Waals surface area contributed by atoms with E-state index in [0.717, 1.165) is 36.2 Å². The molecule has 1 heterocycles. The van der Waals surface area contributed by atoms with Crippen molar-refractivity contribution in [3.8, 4) is 5.75 Å². The molecule has 1 aromatic heterocycles. The number of unbranched alkanes of at least 4 members (excludes halogenated alkanes) is 1. The fourth-order valence-electron chi connectivity index (χ4n) is 2.03. The summed E-state index contributed by atoms with van der Waals surface area (Å²) in [5.74, 6) is 0.728. The molecule has 0 saturated carbocycles. The van der Waals surface area contributed by atoms with Crippen LogP contribution in [0.5, 0.6) is 5.75 Å². The van der Waals surface area contributed by atoms with Crippen molar-refractivity contribution in [1.29, 1.82) is 0 Å². The maximum atomic E-state index is 12.5. The SMILES string of the molecule is CCCCn1cnc2cc(OC/C(=C/F)CC)ccc21. The normalized spacial score (nSPS) is 12.1. The van der Waals surface area contributed by atoms with Gasteiger partial charge in [-0.05, 0) is 30.5 Å². The van der Waals surface area contributed by atoms with Crippen LogP contribution in [0.25, 0.3) is 11.0 Å². The summed E-state index contributed by atoms with van der Waals surface area (Å²) < 4.78 is 20.2. The minimum absolute atomic E-state index is 0.287. The van der Waals surface area contributed by atoms with Crippen molar-refractivity contribution in [2.24, 2.45) is 0 Å². The number of ether oxygens (including phenoxy) is 1. The lowest BCUT2D eigenvalue weighted by Crippen LogP contribution is -2.00. The summed E-state index contributed by atoms with van der Waals surface area (Å²) >= 11 is 0. The second kappa shape index (κ2) is 7.08.